The van der Waals surface area contributed by atoms with Crippen molar-refractivity contribution in [3.63, 3.8) is 0 Å². The summed E-state index contributed by atoms with van der Waals surface area (Å²) in [6.07, 6.45) is 4.27. The van der Waals surface area contributed by atoms with Gasteiger partial charge in [-0.25, -0.2) is 4.98 Å². The van der Waals surface area contributed by atoms with Gasteiger partial charge in [0.1, 0.15) is 0 Å². The van der Waals surface area contributed by atoms with Crippen LogP contribution in [0.25, 0.3) is 0 Å². The van der Waals surface area contributed by atoms with Crippen molar-refractivity contribution in [3.05, 3.63) is 38.8 Å². The second kappa shape index (κ2) is 6.20. The highest BCUT2D eigenvalue weighted by atomic mass is 35.5. The Kier molecular flexibility index (Phi) is 4.34. The summed E-state index contributed by atoms with van der Waals surface area (Å²) in [7, 11) is 0. The molecule has 0 spiro atoms. The van der Waals surface area contributed by atoms with Crippen LogP contribution < -0.4 is 10.2 Å². The van der Waals surface area contributed by atoms with Crippen molar-refractivity contribution in [2.45, 2.75) is 19.4 Å². The SMILES string of the molecule is Clc1ncc(CNc2cccc(Cl)c2N2CCCC2)s1. The van der Waals surface area contributed by atoms with Crippen molar-refractivity contribution in [3.8, 4) is 0 Å². The van der Waals surface area contributed by atoms with E-state index in [0.717, 1.165) is 34.4 Å². The molecule has 1 aliphatic rings. The van der Waals surface area contributed by atoms with Crippen molar-refractivity contribution in [1.29, 1.82) is 0 Å². The lowest BCUT2D eigenvalue weighted by Gasteiger charge is -2.23. The second-order valence-corrected chi connectivity index (χ2v) is 6.87. The van der Waals surface area contributed by atoms with Crippen molar-refractivity contribution < 1.29 is 0 Å². The molecule has 1 fully saturated rings. The first kappa shape index (κ1) is 14.0. The number of nitrogens with zero attached hydrogens (tertiary/aromatic N) is 2. The smallest absolute Gasteiger partial charge is 0.183 e. The van der Waals surface area contributed by atoms with Gasteiger partial charge < -0.3 is 10.2 Å². The minimum Gasteiger partial charge on any atom is -0.378 e. The van der Waals surface area contributed by atoms with Crippen LogP contribution in [0.2, 0.25) is 9.49 Å². The third-order valence-corrected chi connectivity index (χ3v) is 4.81. The molecule has 0 radical (unpaired) electrons. The normalized spacial score (nSPS) is 14.8. The van der Waals surface area contributed by atoms with Crippen LogP contribution in [0.5, 0.6) is 0 Å². The first-order valence-electron chi connectivity index (χ1n) is 6.61. The summed E-state index contributed by atoms with van der Waals surface area (Å²) in [6, 6.07) is 6.00. The predicted octanol–water partition coefficient (Wildman–Crippen LogP) is 4.66. The van der Waals surface area contributed by atoms with Gasteiger partial charge in [0.15, 0.2) is 4.47 Å². The summed E-state index contributed by atoms with van der Waals surface area (Å²) in [5.41, 5.74) is 2.19. The second-order valence-electron chi connectivity index (χ2n) is 4.76. The van der Waals surface area contributed by atoms with Crippen LogP contribution in [-0.2, 0) is 6.54 Å². The number of hydrogen-bond donors (Lipinski definition) is 1. The fourth-order valence-electron chi connectivity index (χ4n) is 2.47. The van der Waals surface area contributed by atoms with Crippen LogP contribution in [0.4, 0.5) is 11.4 Å². The number of nitrogens with one attached hydrogen (secondary N) is 1. The summed E-state index contributed by atoms with van der Waals surface area (Å²) in [5, 5.41) is 4.25. The van der Waals surface area contributed by atoms with Gasteiger partial charge in [-0.1, -0.05) is 29.3 Å². The van der Waals surface area contributed by atoms with Gasteiger partial charge >= 0.3 is 0 Å². The summed E-state index contributed by atoms with van der Waals surface area (Å²) in [5.74, 6) is 0. The molecule has 0 aliphatic carbocycles. The van der Waals surface area contributed by atoms with Gasteiger partial charge in [-0.2, -0.15) is 0 Å². The largest absolute Gasteiger partial charge is 0.378 e. The standard InChI is InChI=1S/C14H15Cl2N3S/c15-11-4-3-5-12(13(11)19-6-1-2-7-19)17-8-10-9-18-14(16)20-10/h3-5,9,17H,1-2,6-8H2. The molecule has 1 aliphatic heterocycles. The van der Waals surface area contributed by atoms with E-state index in [4.69, 9.17) is 23.2 Å². The van der Waals surface area contributed by atoms with E-state index >= 15 is 0 Å². The fourth-order valence-corrected chi connectivity index (χ4v) is 3.68. The Morgan fingerprint density at radius 2 is 2.05 bits per heavy atom. The number of aromatic nitrogens is 1. The monoisotopic (exact) mass is 327 g/mol. The van der Waals surface area contributed by atoms with E-state index in [9.17, 15) is 0 Å². The van der Waals surface area contributed by atoms with Crippen molar-refractivity contribution in [1.82, 2.24) is 4.98 Å². The molecule has 1 saturated heterocycles. The first-order valence-corrected chi connectivity index (χ1v) is 8.19. The van der Waals surface area contributed by atoms with E-state index in [1.807, 2.05) is 12.1 Å². The van der Waals surface area contributed by atoms with E-state index in [1.54, 1.807) is 6.20 Å². The van der Waals surface area contributed by atoms with Gasteiger partial charge in [-0.3, -0.25) is 0 Å². The maximum Gasteiger partial charge on any atom is 0.183 e. The lowest BCUT2D eigenvalue weighted by atomic mass is 10.2. The Balaban J connectivity index is 1.79. The predicted molar refractivity (Wildman–Crippen MR) is 87.3 cm³/mol. The molecule has 20 heavy (non-hydrogen) atoms. The third kappa shape index (κ3) is 3.03. The Morgan fingerprint density at radius 1 is 1.25 bits per heavy atom. The van der Waals surface area contributed by atoms with Crippen LogP contribution >= 0.6 is 34.5 Å². The van der Waals surface area contributed by atoms with E-state index in [0.29, 0.717) is 11.0 Å². The molecular weight excluding hydrogens is 313 g/mol. The van der Waals surface area contributed by atoms with Crippen LogP contribution in [0.15, 0.2) is 24.4 Å². The van der Waals surface area contributed by atoms with Crippen molar-refractivity contribution in [2.75, 3.05) is 23.3 Å². The van der Waals surface area contributed by atoms with Crippen LogP contribution in [0.1, 0.15) is 17.7 Å². The fraction of sp³-hybridized carbons (Fsp3) is 0.357. The maximum absolute atomic E-state index is 6.38. The number of benzene rings is 1. The lowest BCUT2D eigenvalue weighted by Crippen LogP contribution is -2.19. The molecule has 0 amide bonds. The number of halogens is 2. The molecule has 1 aromatic heterocycles. The molecule has 2 aromatic rings. The average molecular weight is 328 g/mol. The zero-order valence-electron chi connectivity index (χ0n) is 10.9. The van der Waals surface area contributed by atoms with Gasteiger partial charge in [-0.15, -0.1) is 11.3 Å². The maximum atomic E-state index is 6.38. The Hall–Kier alpha value is -0.970. The van der Waals surface area contributed by atoms with Gasteiger partial charge in [0.2, 0.25) is 0 Å². The van der Waals surface area contributed by atoms with Gasteiger partial charge in [0.05, 0.1) is 22.9 Å². The Labute approximate surface area is 132 Å². The van der Waals surface area contributed by atoms with Crippen molar-refractivity contribution in [2.24, 2.45) is 0 Å². The van der Waals surface area contributed by atoms with E-state index in [2.05, 4.69) is 21.3 Å². The number of thiazole rings is 1. The summed E-state index contributed by atoms with van der Waals surface area (Å²) < 4.78 is 0.577. The van der Waals surface area contributed by atoms with Crippen LogP contribution in [-0.4, -0.2) is 18.1 Å². The highest BCUT2D eigenvalue weighted by Gasteiger charge is 2.18. The molecule has 0 bridgehead atoms. The number of anilines is 2. The van der Waals surface area contributed by atoms with Crippen molar-refractivity contribution >= 4 is 45.9 Å². The molecule has 106 valence electrons. The summed E-state index contributed by atoms with van der Waals surface area (Å²) in [4.78, 5) is 7.52. The zero-order chi connectivity index (χ0) is 13.9. The summed E-state index contributed by atoms with van der Waals surface area (Å²) in [6.45, 7) is 2.86. The minimum atomic E-state index is 0.577. The third-order valence-electron chi connectivity index (χ3n) is 3.39. The quantitative estimate of drug-likeness (QED) is 0.884. The topological polar surface area (TPSA) is 28.2 Å². The molecule has 0 atom stereocenters. The average Bonchev–Trinajstić information content (AvgIpc) is 3.08. The number of hydrogen-bond acceptors (Lipinski definition) is 4. The molecule has 3 rings (SSSR count). The highest BCUT2D eigenvalue weighted by molar-refractivity contribution is 7.15. The van der Waals surface area contributed by atoms with Crippen LogP contribution in [0.3, 0.4) is 0 Å². The molecule has 0 saturated carbocycles. The lowest BCUT2D eigenvalue weighted by molar-refractivity contribution is 0.949. The molecule has 6 heteroatoms. The van der Waals surface area contributed by atoms with E-state index in [1.165, 1.54) is 24.2 Å². The molecule has 0 unspecified atom stereocenters. The highest BCUT2D eigenvalue weighted by Crippen LogP contribution is 2.36. The first-order chi connectivity index (χ1) is 9.74. The molecule has 1 aromatic carbocycles. The molecule has 1 N–H and O–H groups in total. The van der Waals surface area contributed by atoms with E-state index in [-0.39, 0.29) is 0 Å². The molecule has 3 nitrogen and oxygen atoms in total. The zero-order valence-corrected chi connectivity index (χ0v) is 13.2. The van der Waals surface area contributed by atoms with Gasteiger partial charge in [-0.05, 0) is 25.0 Å². The minimum absolute atomic E-state index is 0.577. The number of para-hydroxylation sites is 1. The Morgan fingerprint density at radius 3 is 2.75 bits per heavy atom. The summed E-state index contributed by atoms with van der Waals surface area (Å²) >= 11 is 13.7. The van der Waals surface area contributed by atoms with Gasteiger partial charge in [0.25, 0.3) is 0 Å². The molecular formula is C14H15Cl2N3S. The molecule has 2 heterocycles. The van der Waals surface area contributed by atoms with Crippen LogP contribution in [0, 0.1) is 0 Å². The van der Waals surface area contributed by atoms with E-state index < -0.39 is 0 Å². The Bertz CT molecular complexity index is 594. The van der Waals surface area contributed by atoms with Gasteiger partial charge in [0, 0.05) is 24.2 Å². The number of rotatable bonds is 4.